The maximum absolute atomic E-state index is 12.0. The first kappa shape index (κ1) is 16.3. The minimum atomic E-state index is -0.473. The number of amides is 1. The van der Waals surface area contributed by atoms with E-state index in [2.05, 4.69) is 9.88 Å². The molecule has 0 spiro atoms. The third-order valence-corrected chi connectivity index (χ3v) is 3.50. The van der Waals surface area contributed by atoms with E-state index in [1.165, 1.54) is 0 Å². The van der Waals surface area contributed by atoms with Crippen molar-refractivity contribution in [1.82, 2.24) is 9.88 Å². The lowest BCUT2D eigenvalue weighted by Crippen LogP contribution is -2.50. The maximum Gasteiger partial charge on any atom is 0.410 e. The van der Waals surface area contributed by atoms with E-state index in [-0.39, 0.29) is 6.09 Å². The molecule has 120 valence electrons. The lowest BCUT2D eigenvalue weighted by molar-refractivity contribution is 0.0240. The number of nitrogens with zero attached hydrogens (tertiary/aromatic N) is 3. The molecule has 22 heavy (non-hydrogen) atoms. The summed E-state index contributed by atoms with van der Waals surface area (Å²) < 4.78 is 5.39. The smallest absolute Gasteiger partial charge is 0.410 e. The van der Waals surface area contributed by atoms with Crippen LogP contribution in [-0.2, 0) is 4.74 Å². The second-order valence-corrected chi connectivity index (χ2v) is 6.47. The predicted octanol–water partition coefficient (Wildman–Crippen LogP) is 2.26. The van der Waals surface area contributed by atoms with Crippen LogP contribution in [-0.4, -0.2) is 54.0 Å². The molecule has 1 amide bonds. The minimum absolute atomic E-state index is 0.265. The van der Waals surface area contributed by atoms with Crippen LogP contribution in [0, 0.1) is 6.92 Å². The quantitative estimate of drug-likeness (QED) is 0.784. The van der Waals surface area contributed by atoms with Gasteiger partial charge in [0.05, 0.1) is 11.9 Å². The fraction of sp³-hybridized carbons (Fsp3) is 0.562. The summed E-state index contributed by atoms with van der Waals surface area (Å²) in [6.07, 6.45) is 2.21. The molecule has 0 aliphatic carbocycles. The van der Waals surface area contributed by atoms with Gasteiger partial charge in [-0.05, 0) is 39.3 Å². The first-order valence-electron chi connectivity index (χ1n) is 7.45. The summed E-state index contributed by atoms with van der Waals surface area (Å²) in [5, 5.41) is 0. The number of rotatable bonds is 2. The van der Waals surface area contributed by atoms with Gasteiger partial charge in [-0.3, -0.25) is 9.78 Å². The van der Waals surface area contributed by atoms with Crippen molar-refractivity contribution >= 4 is 18.1 Å². The zero-order valence-corrected chi connectivity index (χ0v) is 13.6. The number of aldehydes is 1. The van der Waals surface area contributed by atoms with E-state index < -0.39 is 5.60 Å². The minimum Gasteiger partial charge on any atom is -0.444 e. The van der Waals surface area contributed by atoms with E-state index in [1.54, 1.807) is 17.2 Å². The number of aryl methyl sites for hydroxylation is 1. The molecule has 0 atom stereocenters. The van der Waals surface area contributed by atoms with E-state index in [9.17, 15) is 9.59 Å². The van der Waals surface area contributed by atoms with Crippen molar-refractivity contribution in [3.63, 3.8) is 0 Å². The van der Waals surface area contributed by atoms with Gasteiger partial charge in [0.2, 0.25) is 0 Å². The zero-order chi connectivity index (χ0) is 16.3. The first-order chi connectivity index (χ1) is 10.3. The first-order valence-corrected chi connectivity index (χ1v) is 7.45. The van der Waals surface area contributed by atoms with Gasteiger partial charge >= 0.3 is 6.09 Å². The fourth-order valence-corrected chi connectivity index (χ4v) is 2.42. The highest BCUT2D eigenvalue weighted by atomic mass is 16.6. The summed E-state index contributed by atoms with van der Waals surface area (Å²) in [6.45, 7) is 10.2. The molecule has 1 saturated heterocycles. The average Bonchev–Trinajstić information content (AvgIpc) is 2.45. The van der Waals surface area contributed by atoms with Gasteiger partial charge in [0.15, 0.2) is 6.29 Å². The van der Waals surface area contributed by atoms with E-state index in [1.807, 2.05) is 27.7 Å². The molecule has 6 heteroatoms. The average molecular weight is 305 g/mol. The van der Waals surface area contributed by atoms with Crippen LogP contribution in [0.2, 0.25) is 0 Å². The zero-order valence-electron chi connectivity index (χ0n) is 13.6. The number of hydrogen-bond acceptors (Lipinski definition) is 5. The Morgan fingerprint density at radius 2 is 1.91 bits per heavy atom. The molecule has 0 N–H and O–H groups in total. The Hall–Kier alpha value is -2.11. The lowest BCUT2D eigenvalue weighted by atomic mass is 10.2. The summed E-state index contributed by atoms with van der Waals surface area (Å²) in [4.78, 5) is 30.8. The van der Waals surface area contributed by atoms with Crippen molar-refractivity contribution < 1.29 is 14.3 Å². The van der Waals surface area contributed by atoms with Crippen LogP contribution >= 0.6 is 0 Å². The number of pyridine rings is 1. The third-order valence-electron chi connectivity index (χ3n) is 3.50. The van der Waals surface area contributed by atoms with Gasteiger partial charge in [0.1, 0.15) is 11.3 Å². The number of carbonyl (C=O) groups is 2. The van der Waals surface area contributed by atoms with E-state index >= 15 is 0 Å². The van der Waals surface area contributed by atoms with Crippen molar-refractivity contribution in [2.75, 3.05) is 31.1 Å². The molecule has 1 aromatic rings. The number of anilines is 1. The van der Waals surface area contributed by atoms with Crippen LogP contribution < -0.4 is 4.90 Å². The molecule has 0 radical (unpaired) electrons. The van der Waals surface area contributed by atoms with Crippen molar-refractivity contribution in [2.24, 2.45) is 0 Å². The van der Waals surface area contributed by atoms with Gasteiger partial charge in [-0.15, -0.1) is 0 Å². The van der Waals surface area contributed by atoms with Crippen molar-refractivity contribution in [3.8, 4) is 0 Å². The molecule has 1 fully saturated rings. The van der Waals surface area contributed by atoms with Crippen LogP contribution in [0.5, 0.6) is 0 Å². The Morgan fingerprint density at radius 3 is 2.41 bits per heavy atom. The Morgan fingerprint density at radius 1 is 1.27 bits per heavy atom. The standard InChI is InChI=1S/C16H23N3O3/c1-12-9-13(11-20)17-10-14(12)18-5-7-19(8-6-18)15(21)22-16(2,3)4/h9-11H,5-8H2,1-4H3. The highest BCUT2D eigenvalue weighted by Gasteiger charge is 2.26. The van der Waals surface area contributed by atoms with Crippen molar-refractivity contribution in [2.45, 2.75) is 33.3 Å². The molecular weight excluding hydrogens is 282 g/mol. The normalized spacial score (nSPS) is 15.6. The fourth-order valence-electron chi connectivity index (χ4n) is 2.42. The maximum atomic E-state index is 12.0. The highest BCUT2D eigenvalue weighted by molar-refractivity contribution is 5.73. The van der Waals surface area contributed by atoms with Gasteiger partial charge in [-0.25, -0.2) is 4.79 Å². The van der Waals surface area contributed by atoms with E-state index in [0.717, 1.165) is 30.6 Å². The Kier molecular flexibility index (Phi) is 4.68. The molecule has 0 bridgehead atoms. The molecule has 0 saturated carbocycles. The van der Waals surface area contributed by atoms with E-state index in [0.29, 0.717) is 18.8 Å². The summed E-state index contributed by atoms with van der Waals surface area (Å²) in [7, 11) is 0. The van der Waals surface area contributed by atoms with Gasteiger partial charge < -0.3 is 14.5 Å². The van der Waals surface area contributed by atoms with Gasteiger partial charge in [0.25, 0.3) is 0 Å². The summed E-state index contributed by atoms with van der Waals surface area (Å²) in [6, 6.07) is 1.78. The molecule has 6 nitrogen and oxygen atoms in total. The topological polar surface area (TPSA) is 62.7 Å². The van der Waals surface area contributed by atoms with Crippen molar-refractivity contribution in [3.05, 3.63) is 23.5 Å². The van der Waals surface area contributed by atoms with E-state index in [4.69, 9.17) is 4.74 Å². The highest BCUT2D eigenvalue weighted by Crippen LogP contribution is 2.21. The molecular formula is C16H23N3O3. The van der Waals surface area contributed by atoms with Gasteiger partial charge in [-0.1, -0.05) is 0 Å². The summed E-state index contributed by atoms with van der Waals surface area (Å²) >= 11 is 0. The lowest BCUT2D eigenvalue weighted by Gasteiger charge is -2.37. The second-order valence-electron chi connectivity index (χ2n) is 6.47. The number of hydrogen-bond donors (Lipinski definition) is 0. The molecule has 2 rings (SSSR count). The SMILES string of the molecule is Cc1cc(C=O)ncc1N1CCN(C(=O)OC(C)(C)C)CC1. The van der Waals surface area contributed by atoms with Crippen LogP contribution in [0.15, 0.2) is 12.3 Å². The molecule has 1 aromatic heterocycles. The number of piperazine rings is 1. The molecule has 2 heterocycles. The third kappa shape index (κ3) is 3.96. The summed E-state index contributed by atoms with van der Waals surface area (Å²) in [5.74, 6) is 0. The van der Waals surface area contributed by atoms with Crippen LogP contribution in [0.1, 0.15) is 36.8 Å². The Balaban J connectivity index is 1.97. The molecule has 1 aliphatic heterocycles. The van der Waals surface area contributed by atoms with Gasteiger partial charge in [-0.2, -0.15) is 0 Å². The number of carbonyl (C=O) groups excluding carboxylic acids is 2. The summed E-state index contributed by atoms with van der Waals surface area (Å²) in [5.41, 5.74) is 1.99. The molecule has 0 unspecified atom stereocenters. The number of ether oxygens (including phenoxy) is 1. The Labute approximate surface area is 131 Å². The second kappa shape index (κ2) is 6.34. The Bertz CT molecular complexity index is 558. The molecule has 0 aromatic carbocycles. The van der Waals surface area contributed by atoms with Gasteiger partial charge in [0, 0.05) is 26.2 Å². The van der Waals surface area contributed by atoms with Crippen LogP contribution in [0.3, 0.4) is 0 Å². The predicted molar refractivity (Wildman–Crippen MR) is 84.4 cm³/mol. The van der Waals surface area contributed by atoms with Crippen LogP contribution in [0.25, 0.3) is 0 Å². The largest absolute Gasteiger partial charge is 0.444 e. The number of aromatic nitrogens is 1. The molecule has 1 aliphatic rings. The monoisotopic (exact) mass is 305 g/mol. The van der Waals surface area contributed by atoms with Crippen LogP contribution in [0.4, 0.5) is 10.5 Å². The van der Waals surface area contributed by atoms with Crippen molar-refractivity contribution in [1.29, 1.82) is 0 Å².